The first kappa shape index (κ1) is 22.2. The number of nitrogens with one attached hydrogen (secondary N) is 2. The molecule has 1 aliphatic rings. The lowest BCUT2D eigenvalue weighted by Crippen LogP contribution is -2.30. The average Bonchev–Trinajstić information content (AvgIpc) is 2.67. The zero-order valence-corrected chi connectivity index (χ0v) is 18.8. The van der Waals surface area contributed by atoms with Crippen LogP contribution >= 0.6 is 46.4 Å². The van der Waals surface area contributed by atoms with E-state index in [1.807, 2.05) is 36.4 Å². The maximum absolute atomic E-state index is 6.23. The van der Waals surface area contributed by atoms with Crippen LogP contribution in [0.25, 0.3) is 0 Å². The van der Waals surface area contributed by atoms with Gasteiger partial charge in [0.15, 0.2) is 0 Å². The molecule has 0 bridgehead atoms. The second-order valence-electron chi connectivity index (χ2n) is 7.55. The Morgan fingerprint density at radius 2 is 0.929 bits per heavy atom. The van der Waals surface area contributed by atoms with Crippen LogP contribution in [-0.2, 0) is 13.1 Å². The van der Waals surface area contributed by atoms with E-state index in [2.05, 4.69) is 10.6 Å². The van der Waals surface area contributed by atoms with Gasteiger partial charge in [-0.05, 0) is 74.9 Å². The van der Waals surface area contributed by atoms with Crippen LogP contribution in [-0.4, -0.2) is 13.1 Å². The van der Waals surface area contributed by atoms with Gasteiger partial charge < -0.3 is 10.6 Å². The highest BCUT2D eigenvalue weighted by Crippen LogP contribution is 2.29. The molecule has 0 heterocycles. The highest BCUT2D eigenvalue weighted by molar-refractivity contribution is 6.36. The molecule has 0 atom stereocenters. The summed E-state index contributed by atoms with van der Waals surface area (Å²) in [5.41, 5.74) is 1.98. The van der Waals surface area contributed by atoms with Crippen molar-refractivity contribution in [2.75, 3.05) is 13.1 Å². The van der Waals surface area contributed by atoms with Gasteiger partial charge in [-0.15, -0.1) is 0 Å². The summed E-state index contributed by atoms with van der Waals surface area (Å²) in [6, 6.07) is 11.3. The molecular formula is C22H26Cl4N2. The van der Waals surface area contributed by atoms with Gasteiger partial charge in [0, 0.05) is 44.3 Å². The normalized spacial score (nSPS) is 19.7. The second kappa shape index (κ2) is 11.1. The first-order valence-electron chi connectivity index (χ1n) is 9.81. The van der Waals surface area contributed by atoms with Gasteiger partial charge in [0.05, 0.1) is 0 Å². The zero-order valence-electron chi connectivity index (χ0n) is 15.8. The topological polar surface area (TPSA) is 24.1 Å². The van der Waals surface area contributed by atoms with E-state index < -0.39 is 0 Å². The molecule has 152 valence electrons. The molecule has 2 aromatic carbocycles. The summed E-state index contributed by atoms with van der Waals surface area (Å²) < 4.78 is 0. The Bertz CT molecular complexity index is 667. The number of hydrogen-bond acceptors (Lipinski definition) is 2. The van der Waals surface area contributed by atoms with Crippen LogP contribution in [0.4, 0.5) is 0 Å². The molecule has 1 fully saturated rings. The van der Waals surface area contributed by atoms with Crippen LogP contribution in [0.1, 0.15) is 36.8 Å². The molecule has 1 aliphatic carbocycles. The number of benzene rings is 2. The lowest BCUT2D eigenvalue weighted by atomic mass is 9.82. The quantitative estimate of drug-likeness (QED) is 0.444. The van der Waals surface area contributed by atoms with Crippen molar-refractivity contribution in [1.82, 2.24) is 10.6 Å². The highest BCUT2D eigenvalue weighted by Gasteiger charge is 2.21. The van der Waals surface area contributed by atoms with E-state index in [0.717, 1.165) is 69.2 Å². The van der Waals surface area contributed by atoms with Gasteiger partial charge in [0.2, 0.25) is 0 Å². The van der Waals surface area contributed by atoms with Crippen molar-refractivity contribution >= 4 is 46.4 Å². The molecule has 2 aromatic rings. The Balaban J connectivity index is 1.34. The first-order chi connectivity index (χ1) is 13.5. The van der Waals surface area contributed by atoms with E-state index >= 15 is 0 Å². The van der Waals surface area contributed by atoms with Gasteiger partial charge in [0.1, 0.15) is 0 Å². The molecule has 2 N–H and O–H groups in total. The minimum Gasteiger partial charge on any atom is -0.312 e. The second-order valence-corrected chi connectivity index (χ2v) is 9.18. The van der Waals surface area contributed by atoms with Crippen LogP contribution in [0.2, 0.25) is 20.1 Å². The molecule has 3 rings (SSSR count). The maximum Gasteiger partial charge on any atom is 0.0465 e. The lowest BCUT2D eigenvalue weighted by molar-refractivity contribution is 0.261. The number of rotatable bonds is 8. The smallest absolute Gasteiger partial charge is 0.0465 e. The molecular weight excluding hydrogens is 434 g/mol. The molecule has 1 saturated carbocycles. The fraction of sp³-hybridized carbons (Fsp3) is 0.455. The summed E-state index contributed by atoms with van der Waals surface area (Å²) in [4.78, 5) is 0. The standard InChI is InChI=1S/C22H26Cl4N2/c23-19-3-1-4-20(24)17(19)13-27-11-15-7-9-16(10-8-15)12-28-14-18-21(25)5-2-6-22(18)26/h1-6,15-16,27-28H,7-14H2. The summed E-state index contributed by atoms with van der Waals surface area (Å²) in [6.45, 7) is 3.46. The molecule has 0 saturated heterocycles. The Kier molecular flexibility index (Phi) is 8.77. The van der Waals surface area contributed by atoms with Crippen LogP contribution in [0.15, 0.2) is 36.4 Å². The van der Waals surface area contributed by atoms with E-state index in [4.69, 9.17) is 46.4 Å². The van der Waals surface area contributed by atoms with Gasteiger partial charge >= 0.3 is 0 Å². The molecule has 6 heteroatoms. The third-order valence-corrected chi connectivity index (χ3v) is 6.98. The Morgan fingerprint density at radius 3 is 1.25 bits per heavy atom. The molecule has 28 heavy (non-hydrogen) atoms. The van der Waals surface area contributed by atoms with Crippen molar-refractivity contribution < 1.29 is 0 Å². The zero-order chi connectivity index (χ0) is 19.9. The van der Waals surface area contributed by atoms with E-state index in [9.17, 15) is 0 Å². The van der Waals surface area contributed by atoms with Gasteiger partial charge in [-0.3, -0.25) is 0 Å². The fourth-order valence-electron chi connectivity index (χ4n) is 3.84. The van der Waals surface area contributed by atoms with Crippen molar-refractivity contribution in [2.45, 2.75) is 38.8 Å². The summed E-state index contributed by atoms with van der Waals surface area (Å²) in [6.07, 6.45) is 5.01. The largest absolute Gasteiger partial charge is 0.312 e. The Morgan fingerprint density at radius 1 is 0.607 bits per heavy atom. The van der Waals surface area contributed by atoms with Gasteiger partial charge in [-0.25, -0.2) is 0 Å². The van der Waals surface area contributed by atoms with Gasteiger partial charge in [0.25, 0.3) is 0 Å². The van der Waals surface area contributed by atoms with E-state index in [-0.39, 0.29) is 0 Å². The predicted octanol–water partition coefficient (Wildman–Crippen LogP) is 6.99. The van der Waals surface area contributed by atoms with Crippen molar-refractivity contribution in [3.63, 3.8) is 0 Å². The van der Waals surface area contributed by atoms with Crippen LogP contribution < -0.4 is 10.6 Å². The van der Waals surface area contributed by atoms with Crippen molar-refractivity contribution in [3.05, 3.63) is 67.6 Å². The molecule has 0 radical (unpaired) electrons. The van der Waals surface area contributed by atoms with E-state index in [1.165, 1.54) is 25.7 Å². The van der Waals surface area contributed by atoms with Crippen LogP contribution in [0, 0.1) is 11.8 Å². The van der Waals surface area contributed by atoms with Crippen molar-refractivity contribution in [3.8, 4) is 0 Å². The van der Waals surface area contributed by atoms with Crippen molar-refractivity contribution in [1.29, 1.82) is 0 Å². The maximum atomic E-state index is 6.23. The molecule has 0 aliphatic heterocycles. The minimum absolute atomic E-state index is 0.718. The lowest BCUT2D eigenvalue weighted by Gasteiger charge is -2.29. The van der Waals surface area contributed by atoms with Crippen LogP contribution in [0.5, 0.6) is 0 Å². The third-order valence-electron chi connectivity index (χ3n) is 5.56. The molecule has 0 spiro atoms. The minimum atomic E-state index is 0.718. The monoisotopic (exact) mass is 458 g/mol. The third kappa shape index (κ3) is 6.26. The van der Waals surface area contributed by atoms with E-state index in [0.29, 0.717) is 0 Å². The molecule has 2 nitrogen and oxygen atoms in total. The number of hydrogen-bond donors (Lipinski definition) is 2. The molecule has 0 aromatic heterocycles. The molecule has 0 unspecified atom stereocenters. The van der Waals surface area contributed by atoms with Gasteiger partial charge in [-0.2, -0.15) is 0 Å². The SMILES string of the molecule is Clc1cccc(Cl)c1CNCC1CCC(CNCc2c(Cl)cccc2Cl)CC1. The predicted molar refractivity (Wildman–Crippen MR) is 122 cm³/mol. The van der Waals surface area contributed by atoms with Crippen LogP contribution in [0.3, 0.4) is 0 Å². The summed E-state index contributed by atoms with van der Waals surface area (Å²) >= 11 is 24.9. The average molecular weight is 460 g/mol. The first-order valence-corrected chi connectivity index (χ1v) is 11.3. The van der Waals surface area contributed by atoms with Crippen molar-refractivity contribution in [2.24, 2.45) is 11.8 Å². The fourth-order valence-corrected chi connectivity index (χ4v) is 4.91. The highest BCUT2D eigenvalue weighted by atomic mass is 35.5. The number of halogens is 4. The summed E-state index contributed by atoms with van der Waals surface area (Å²) in [5, 5.41) is 9.98. The summed E-state index contributed by atoms with van der Waals surface area (Å²) in [5.74, 6) is 1.44. The Hall–Kier alpha value is -0.480. The van der Waals surface area contributed by atoms with Gasteiger partial charge in [-0.1, -0.05) is 58.5 Å². The Labute approximate surface area is 187 Å². The molecule has 0 amide bonds. The summed E-state index contributed by atoms with van der Waals surface area (Å²) in [7, 11) is 0. The van der Waals surface area contributed by atoms with E-state index in [1.54, 1.807) is 0 Å².